The molecule has 0 radical (unpaired) electrons. The zero-order chi connectivity index (χ0) is 25.1. The fourth-order valence-corrected chi connectivity index (χ4v) is 4.25. The first kappa shape index (κ1) is 24.2. The van der Waals surface area contributed by atoms with Crippen molar-refractivity contribution in [1.82, 2.24) is 5.32 Å². The van der Waals surface area contributed by atoms with Gasteiger partial charge in [-0.25, -0.2) is 9.18 Å². The number of hydrogen-bond acceptors (Lipinski definition) is 6. The van der Waals surface area contributed by atoms with Gasteiger partial charge in [0.05, 0.1) is 17.1 Å². The number of carbonyl (C=O) groups excluding carboxylic acids is 1. The predicted octanol–water partition coefficient (Wildman–Crippen LogP) is 4.20. The number of fused-ring (bicyclic) bond motifs is 3. The van der Waals surface area contributed by atoms with Crippen LogP contribution >= 0.6 is 0 Å². The molecule has 4 rings (SSSR count). The molecule has 3 aromatic rings. The Bertz CT molecular complexity index is 1220. The van der Waals surface area contributed by atoms with Gasteiger partial charge in [-0.2, -0.15) is 4.39 Å². The Morgan fingerprint density at radius 1 is 1.03 bits per heavy atom. The number of carbonyl (C=O) groups is 1. The lowest BCUT2D eigenvalue weighted by Crippen LogP contribution is -2.31. The maximum Gasteiger partial charge on any atom is 0.407 e. The summed E-state index contributed by atoms with van der Waals surface area (Å²) in [5, 5.41) is 33.4. The summed E-state index contributed by atoms with van der Waals surface area (Å²) in [7, 11) is 0. The molecule has 182 valence electrons. The molecule has 35 heavy (non-hydrogen) atoms. The van der Waals surface area contributed by atoms with E-state index < -0.39 is 46.1 Å². The minimum absolute atomic E-state index is 0.0956. The second-order valence-electron chi connectivity index (χ2n) is 8.14. The third-order valence-corrected chi connectivity index (χ3v) is 6.00. The van der Waals surface area contributed by atoms with Crippen LogP contribution in [0.3, 0.4) is 0 Å². The molecule has 2 atom stereocenters. The second-order valence-corrected chi connectivity index (χ2v) is 8.14. The van der Waals surface area contributed by atoms with Gasteiger partial charge < -0.3 is 20.3 Å². The van der Waals surface area contributed by atoms with Gasteiger partial charge in [-0.1, -0.05) is 48.5 Å². The van der Waals surface area contributed by atoms with Crippen molar-refractivity contribution in [3.63, 3.8) is 0 Å². The van der Waals surface area contributed by atoms with Crippen molar-refractivity contribution in [3.05, 3.63) is 99.1 Å². The largest absolute Gasteiger partial charge is 0.449 e. The van der Waals surface area contributed by atoms with E-state index in [2.05, 4.69) is 5.32 Å². The first-order chi connectivity index (χ1) is 16.8. The van der Waals surface area contributed by atoms with E-state index in [0.29, 0.717) is 12.1 Å². The number of aliphatic hydroxyl groups is 2. The molecule has 1 aliphatic rings. The van der Waals surface area contributed by atoms with Gasteiger partial charge in [0, 0.05) is 18.0 Å². The van der Waals surface area contributed by atoms with E-state index >= 15 is 0 Å². The highest BCUT2D eigenvalue weighted by atomic mass is 19.1. The molecular weight excluding hydrogens is 462 g/mol. The topological polar surface area (TPSA) is 122 Å². The molecule has 0 saturated heterocycles. The number of hydrogen-bond donors (Lipinski definition) is 3. The summed E-state index contributed by atoms with van der Waals surface area (Å²) in [6, 6.07) is 16.5. The molecule has 3 aromatic carbocycles. The Morgan fingerprint density at radius 2 is 1.63 bits per heavy atom. The van der Waals surface area contributed by atoms with Crippen molar-refractivity contribution in [2.24, 2.45) is 0 Å². The van der Waals surface area contributed by atoms with Crippen molar-refractivity contribution in [2.45, 2.75) is 24.5 Å². The molecule has 0 saturated carbocycles. The van der Waals surface area contributed by atoms with Gasteiger partial charge in [0.25, 0.3) is 0 Å². The summed E-state index contributed by atoms with van der Waals surface area (Å²) in [5.41, 5.74) is 2.58. The van der Waals surface area contributed by atoms with Crippen LogP contribution in [0.25, 0.3) is 11.1 Å². The number of halogens is 2. The highest BCUT2D eigenvalue weighted by Gasteiger charge is 2.29. The van der Waals surface area contributed by atoms with Crippen LogP contribution in [0.1, 0.15) is 35.1 Å². The van der Waals surface area contributed by atoms with E-state index in [1.54, 1.807) is 0 Å². The summed E-state index contributed by atoms with van der Waals surface area (Å²) >= 11 is 0. The maximum absolute atomic E-state index is 14.1. The van der Waals surface area contributed by atoms with E-state index in [4.69, 9.17) is 4.74 Å². The summed E-state index contributed by atoms with van der Waals surface area (Å²) in [5.74, 6) is -2.69. The molecule has 0 bridgehead atoms. The predicted molar refractivity (Wildman–Crippen MR) is 122 cm³/mol. The van der Waals surface area contributed by atoms with Crippen LogP contribution in [0, 0.1) is 21.7 Å². The standard InChI is InChI=1S/C25H22F2N2O6/c26-20-12-22(29(33)34)21(27)11-18(20)24(31)23(30)9-10-28-25(32)35-13-19-16-7-3-1-5-14(16)15-6-2-4-8-17(15)19/h1-8,11-12,19,23-24,30-31H,9-10,13H2,(H,28,32). The normalized spacial score (nSPS) is 14.1. The zero-order valence-corrected chi connectivity index (χ0v) is 18.4. The number of amides is 1. The van der Waals surface area contributed by atoms with Crippen LogP contribution in [-0.2, 0) is 4.74 Å². The smallest absolute Gasteiger partial charge is 0.407 e. The molecule has 0 fully saturated rings. The molecule has 8 nitrogen and oxygen atoms in total. The molecule has 0 aromatic heterocycles. The number of rotatable bonds is 8. The number of aliphatic hydroxyl groups excluding tert-OH is 2. The van der Waals surface area contributed by atoms with Gasteiger partial charge in [0.2, 0.25) is 5.82 Å². The van der Waals surface area contributed by atoms with Gasteiger partial charge in [0.15, 0.2) is 0 Å². The molecule has 0 aliphatic heterocycles. The fraction of sp³-hybridized carbons (Fsp3) is 0.240. The lowest BCUT2D eigenvalue weighted by atomic mass is 9.98. The van der Waals surface area contributed by atoms with Crippen LogP contribution in [0.2, 0.25) is 0 Å². The molecule has 2 unspecified atom stereocenters. The van der Waals surface area contributed by atoms with Gasteiger partial charge >= 0.3 is 11.8 Å². The number of nitrogens with one attached hydrogen (secondary N) is 1. The number of nitro groups is 1. The Labute approximate surface area is 198 Å². The Morgan fingerprint density at radius 3 is 2.23 bits per heavy atom. The first-order valence-corrected chi connectivity index (χ1v) is 10.9. The van der Waals surface area contributed by atoms with E-state index in [1.165, 1.54) is 0 Å². The van der Waals surface area contributed by atoms with Crippen LogP contribution in [-0.4, -0.2) is 40.5 Å². The lowest BCUT2D eigenvalue weighted by molar-refractivity contribution is -0.387. The maximum atomic E-state index is 14.1. The Kier molecular flexibility index (Phi) is 7.04. The van der Waals surface area contributed by atoms with Gasteiger partial charge in [0.1, 0.15) is 18.5 Å². The van der Waals surface area contributed by atoms with E-state index in [1.807, 2.05) is 48.5 Å². The van der Waals surface area contributed by atoms with Gasteiger partial charge in [-0.05, 0) is 34.7 Å². The van der Waals surface area contributed by atoms with Crippen LogP contribution in [0.4, 0.5) is 19.3 Å². The average molecular weight is 484 g/mol. The van der Waals surface area contributed by atoms with Crippen molar-refractivity contribution in [1.29, 1.82) is 0 Å². The molecular formula is C25H22F2N2O6. The molecule has 3 N–H and O–H groups in total. The number of alkyl carbamates (subject to hydrolysis) is 1. The molecule has 0 heterocycles. The fourth-order valence-electron chi connectivity index (χ4n) is 4.25. The first-order valence-electron chi connectivity index (χ1n) is 10.9. The van der Waals surface area contributed by atoms with Crippen molar-refractivity contribution >= 4 is 11.8 Å². The summed E-state index contributed by atoms with van der Waals surface area (Å²) in [6.45, 7) is -0.0235. The second kappa shape index (κ2) is 10.2. The van der Waals surface area contributed by atoms with Gasteiger partial charge in [-0.3, -0.25) is 10.1 Å². The quantitative estimate of drug-likeness (QED) is 0.326. The van der Waals surface area contributed by atoms with Crippen molar-refractivity contribution < 1.29 is 33.4 Å². The molecule has 0 spiro atoms. The minimum atomic E-state index is -1.85. The van der Waals surface area contributed by atoms with Crippen molar-refractivity contribution in [3.8, 4) is 11.1 Å². The third kappa shape index (κ3) is 4.98. The lowest BCUT2D eigenvalue weighted by Gasteiger charge is -2.19. The molecule has 10 heteroatoms. The summed E-state index contributed by atoms with van der Waals surface area (Å²) in [6.07, 6.45) is -4.36. The van der Waals surface area contributed by atoms with E-state index in [-0.39, 0.29) is 25.5 Å². The molecule has 1 amide bonds. The van der Waals surface area contributed by atoms with Gasteiger partial charge in [-0.15, -0.1) is 0 Å². The summed E-state index contributed by atoms with van der Waals surface area (Å²) in [4.78, 5) is 21.8. The Hall–Kier alpha value is -3.89. The summed E-state index contributed by atoms with van der Waals surface area (Å²) < 4.78 is 33.2. The van der Waals surface area contributed by atoms with Crippen LogP contribution in [0.5, 0.6) is 0 Å². The zero-order valence-electron chi connectivity index (χ0n) is 18.4. The number of nitro benzene ring substituents is 1. The SMILES string of the molecule is O=C(NCCC(O)C(O)c1cc(F)c([N+](=O)[O-])cc1F)OCC1c2ccccc2-c2ccccc21. The average Bonchev–Trinajstić information content (AvgIpc) is 3.17. The van der Waals surface area contributed by atoms with E-state index in [0.717, 1.165) is 22.3 Å². The highest BCUT2D eigenvalue weighted by molar-refractivity contribution is 5.79. The number of nitrogens with zero attached hydrogens (tertiary/aromatic N) is 1. The van der Waals surface area contributed by atoms with E-state index in [9.17, 15) is 33.9 Å². The van der Waals surface area contributed by atoms with Crippen LogP contribution in [0.15, 0.2) is 60.7 Å². The third-order valence-electron chi connectivity index (χ3n) is 6.00. The van der Waals surface area contributed by atoms with Crippen LogP contribution < -0.4 is 5.32 Å². The minimum Gasteiger partial charge on any atom is -0.449 e. The number of benzene rings is 3. The number of ether oxygens (including phenoxy) is 1. The molecule has 1 aliphatic carbocycles. The monoisotopic (exact) mass is 484 g/mol. The van der Waals surface area contributed by atoms with Crippen molar-refractivity contribution in [2.75, 3.05) is 13.2 Å². The highest BCUT2D eigenvalue weighted by Crippen LogP contribution is 2.44. The Balaban J connectivity index is 1.30.